The van der Waals surface area contributed by atoms with Crippen LogP contribution < -0.4 is 0 Å². The summed E-state index contributed by atoms with van der Waals surface area (Å²) < 4.78 is 0.867. The molecule has 1 saturated carbocycles. The van der Waals surface area contributed by atoms with Crippen molar-refractivity contribution in [2.45, 2.75) is 19.3 Å². The topological polar surface area (TPSA) is 54.5 Å². The van der Waals surface area contributed by atoms with Crippen LogP contribution in [0.2, 0.25) is 0 Å². The number of rotatable bonds is 3. The molecule has 2 fully saturated rings. The maximum atomic E-state index is 12.1. The molecule has 1 saturated heterocycles. The van der Waals surface area contributed by atoms with E-state index in [4.69, 9.17) is 0 Å². The maximum Gasteiger partial charge on any atom is 0.233 e. The van der Waals surface area contributed by atoms with Gasteiger partial charge in [-0.05, 0) is 40.9 Å². The second-order valence-electron chi connectivity index (χ2n) is 4.93. The number of imide groups is 1. The Morgan fingerprint density at radius 2 is 1.89 bits per heavy atom. The summed E-state index contributed by atoms with van der Waals surface area (Å²) in [6, 6.07) is 3.50. The first-order valence-electron chi connectivity index (χ1n) is 6.21. The molecular formula is C13H12BrNO3S. The van der Waals surface area contributed by atoms with E-state index in [-0.39, 0.29) is 36.0 Å². The van der Waals surface area contributed by atoms with Gasteiger partial charge in [0, 0.05) is 0 Å². The van der Waals surface area contributed by atoms with Gasteiger partial charge in [0.1, 0.15) is 0 Å². The average molecular weight is 342 g/mol. The second-order valence-corrected chi connectivity index (χ2v) is 7.40. The van der Waals surface area contributed by atoms with Crippen LogP contribution in [0.15, 0.2) is 15.9 Å². The first-order valence-corrected chi connectivity index (χ1v) is 7.82. The third-order valence-corrected chi connectivity index (χ3v) is 5.50. The lowest BCUT2D eigenvalue weighted by atomic mass is 10.00. The van der Waals surface area contributed by atoms with Gasteiger partial charge >= 0.3 is 0 Å². The standard InChI is InChI=1S/C13H12BrNO3S/c14-11-5-4-10(19-11)9(16)6-15-12(17)7-2-1-3-8(7)13(15)18/h4-5,7-8H,1-3,6H2. The molecule has 0 spiro atoms. The van der Waals surface area contributed by atoms with Crippen molar-refractivity contribution in [3.05, 3.63) is 20.8 Å². The summed E-state index contributed by atoms with van der Waals surface area (Å²) in [4.78, 5) is 38.0. The highest BCUT2D eigenvalue weighted by Crippen LogP contribution is 2.39. The maximum absolute atomic E-state index is 12.1. The van der Waals surface area contributed by atoms with Gasteiger partial charge in [0.25, 0.3) is 0 Å². The molecule has 6 heteroatoms. The lowest BCUT2D eigenvalue weighted by Gasteiger charge is -2.14. The number of thiophene rings is 1. The minimum Gasteiger partial charge on any atom is -0.291 e. The van der Waals surface area contributed by atoms with Gasteiger partial charge in [-0.25, -0.2) is 0 Å². The van der Waals surface area contributed by atoms with E-state index in [0.717, 1.165) is 27.9 Å². The fourth-order valence-corrected chi connectivity index (χ4v) is 4.22. The lowest BCUT2D eigenvalue weighted by molar-refractivity contribution is -0.139. The smallest absolute Gasteiger partial charge is 0.233 e. The van der Waals surface area contributed by atoms with Gasteiger partial charge in [0.05, 0.1) is 27.0 Å². The molecule has 1 aromatic rings. The molecule has 0 aromatic carbocycles. The molecule has 2 aliphatic rings. The Hall–Kier alpha value is -1.01. The number of fused-ring (bicyclic) bond motifs is 1. The van der Waals surface area contributed by atoms with Crippen molar-refractivity contribution in [3.8, 4) is 0 Å². The zero-order valence-electron chi connectivity index (χ0n) is 10.1. The average Bonchev–Trinajstić information content (AvgIpc) is 3.05. The van der Waals surface area contributed by atoms with Gasteiger partial charge < -0.3 is 0 Å². The molecule has 0 N–H and O–H groups in total. The van der Waals surface area contributed by atoms with Crippen LogP contribution in [0, 0.1) is 11.8 Å². The van der Waals surface area contributed by atoms with Gasteiger partial charge in [-0.3, -0.25) is 19.3 Å². The first-order chi connectivity index (χ1) is 9.08. The van der Waals surface area contributed by atoms with Crippen LogP contribution in [-0.4, -0.2) is 29.0 Å². The molecule has 2 unspecified atom stereocenters. The number of hydrogen-bond acceptors (Lipinski definition) is 4. The van der Waals surface area contributed by atoms with Crippen molar-refractivity contribution in [3.63, 3.8) is 0 Å². The number of halogens is 1. The molecule has 1 aliphatic heterocycles. The quantitative estimate of drug-likeness (QED) is 0.626. The second kappa shape index (κ2) is 4.83. The third kappa shape index (κ3) is 2.17. The van der Waals surface area contributed by atoms with E-state index < -0.39 is 0 Å². The van der Waals surface area contributed by atoms with Crippen molar-refractivity contribution in [1.29, 1.82) is 0 Å². The van der Waals surface area contributed by atoms with E-state index in [1.807, 2.05) is 0 Å². The lowest BCUT2D eigenvalue weighted by Crippen LogP contribution is -2.36. The number of hydrogen-bond donors (Lipinski definition) is 0. The molecule has 2 amide bonds. The number of likely N-dealkylation sites (tertiary alicyclic amines) is 1. The van der Waals surface area contributed by atoms with E-state index in [1.54, 1.807) is 12.1 Å². The molecule has 0 radical (unpaired) electrons. The van der Waals surface area contributed by atoms with Crippen LogP contribution in [0.3, 0.4) is 0 Å². The fraction of sp³-hybridized carbons (Fsp3) is 0.462. The number of ketones is 1. The van der Waals surface area contributed by atoms with Crippen molar-refractivity contribution in [2.24, 2.45) is 11.8 Å². The summed E-state index contributed by atoms with van der Waals surface area (Å²) in [6.45, 7) is -0.113. The van der Waals surface area contributed by atoms with Crippen LogP contribution in [0.5, 0.6) is 0 Å². The summed E-state index contributed by atoms with van der Waals surface area (Å²) in [5, 5.41) is 0. The Morgan fingerprint density at radius 3 is 2.42 bits per heavy atom. The minimum atomic E-state index is -0.171. The van der Waals surface area contributed by atoms with E-state index in [2.05, 4.69) is 15.9 Å². The zero-order valence-corrected chi connectivity index (χ0v) is 12.5. The number of carbonyl (C=O) groups excluding carboxylic acids is 3. The number of Topliss-reactive ketones (excluding diaryl/α,β-unsaturated/α-hetero) is 1. The van der Waals surface area contributed by atoms with Gasteiger partial charge in [-0.1, -0.05) is 6.42 Å². The molecule has 0 bridgehead atoms. The zero-order chi connectivity index (χ0) is 13.6. The Morgan fingerprint density at radius 1 is 1.26 bits per heavy atom. The fourth-order valence-electron chi connectivity index (χ4n) is 2.90. The summed E-state index contributed by atoms with van der Waals surface area (Å²) >= 11 is 4.62. The highest BCUT2D eigenvalue weighted by atomic mass is 79.9. The van der Waals surface area contributed by atoms with Gasteiger partial charge in [-0.15, -0.1) is 11.3 Å². The molecule has 100 valence electrons. The Bertz CT molecular complexity index is 546. The van der Waals surface area contributed by atoms with Crippen LogP contribution in [0.4, 0.5) is 0 Å². The van der Waals surface area contributed by atoms with Gasteiger partial charge in [0.2, 0.25) is 11.8 Å². The Kier molecular flexibility index (Phi) is 3.30. The molecule has 2 atom stereocenters. The summed E-state index contributed by atoms with van der Waals surface area (Å²) in [7, 11) is 0. The molecule has 3 rings (SSSR count). The molecule has 4 nitrogen and oxygen atoms in total. The minimum absolute atomic E-state index is 0.113. The number of carbonyl (C=O) groups is 3. The highest BCUT2D eigenvalue weighted by molar-refractivity contribution is 9.11. The Labute approximate surface area is 122 Å². The van der Waals surface area contributed by atoms with E-state index in [0.29, 0.717) is 4.88 Å². The van der Waals surface area contributed by atoms with Crippen molar-refractivity contribution in [2.75, 3.05) is 6.54 Å². The molecule has 1 aliphatic carbocycles. The predicted octanol–water partition coefficient (Wildman–Crippen LogP) is 2.48. The summed E-state index contributed by atoms with van der Waals surface area (Å²) in [5.74, 6) is -0.823. The summed E-state index contributed by atoms with van der Waals surface area (Å²) in [6.07, 6.45) is 2.50. The van der Waals surface area contributed by atoms with Crippen LogP contribution in [0.25, 0.3) is 0 Å². The third-order valence-electron chi connectivity index (χ3n) is 3.83. The number of amides is 2. The van der Waals surface area contributed by atoms with Gasteiger partial charge in [0.15, 0.2) is 5.78 Å². The highest BCUT2D eigenvalue weighted by Gasteiger charge is 2.49. The summed E-state index contributed by atoms with van der Waals surface area (Å²) in [5.41, 5.74) is 0. The SMILES string of the molecule is O=C(CN1C(=O)C2CCCC2C1=O)c1ccc(Br)s1. The molecular weight excluding hydrogens is 330 g/mol. The predicted molar refractivity (Wildman–Crippen MR) is 73.9 cm³/mol. The van der Waals surface area contributed by atoms with Crippen molar-refractivity contribution < 1.29 is 14.4 Å². The van der Waals surface area contributed by atoms with Crippen molar-refractivity contribution >= 4 is 44.9 Å². The Balaban J connectivity index is 1.75. The molecule has 1 aromatic heterocycles. The molecule has 19 heavy (non-hydrogen) atoms. The normalized spacial score (nSPS) is 26.1. The van der Waals surface area contributed by atoms with Crippen LogP contribution in [-0.2, 0) is 9.59 Å². The van der Waals surface area contributed by atoms with Crippen LogP contribution >= 0.6 is 27.3 Å². The van der Waals surface area contributed by atoms with Crippen molar-refractivity contribution in [1.82, 2.24) is 4.90 Å². The van der Waals surface area contributed by atoms with E-state index in [9.17, 15) is 14.4 Å². The molecule has 2 heterocycles. The largest absolute Gasteiger partial charge is 0.291 e. The first kappa shape index (κ1) is 13.0. The van der Waals surface area contributed by atoms with Crippen LogP contribution in [0.1, 0.15) is 28.9 Å². The monoisotopic (exact) mass is 341 g/mol. The van der Waals surface area contributed by atoms with E-state index in [1.165, 1.54) is 11.3 Å². The van der Waals surface area contributed by atoms with Gasteiger partial charge in [-0.2, -0.15) is 0 Å². The number of nitrogens with zero attached hydrogens (tertiary/aromatic N) is 1. The van der Waals surface area contributed by atoms with E-state index >= 15 is 0 Å².